The van der Waals surface area contributed by atoms with Crippen LogP contribution in [0.25, 0.3) is 0 Å². The molecule has 7 heteroatoms. The van der Waals surface area contributed by atoms with Crippen molar-refractivity contribution in [3.05, 3.63) is 94.2 Å². The lowest BCUT2D eigenvalue weighted by atomic mass is 9.90. The maximum Gasteiger partial charge on any atom is 0.407 e. The number of rotatable bonds is 13. The Bertz CT molecular complexity index is 1060. The molecule has 3 aromatic rings. The lowest BCUT2D eigenvalue weighted by molar-refractivity contribution is -0.121. The molecule has 184 valence electrons. The van der Waals surface area contributed by atoms with Crippen molar-refractivity contribution in [3.63, 3.8) is 0 Å². The molecule has 0 bridgehead atoms. The van der Waals surface area contributed by atoms with Crippen molar-refractivity contribution in [2.45, 2.75) is 38.7 Å². The van der Waals surface area contributed by atoms with Crippen LogP contribution in [0.4, 0.5) is 4.79 Å². The first-order valence-electron chi connectivity index (χ1n) is 11.9. The zero-order valence-corrected chi connectivity index (χ0v) is 20.8. The summed E-state index contributed by atoms with van der Waals surface area (Å²) in [6, 6.07) is 22.9. The molecule has 2 atom stereocenters. The molecule has 2 unspecified atom stereocenters. The zero-order valence-electron chi connectivity index (χ0n) is 19.9. The van der Waals surface area contributed by atoms with Gasteiger partial charge in [-0.3, -0.25) is 9.59 Å². The van der Waals surface area contributed by atoms with Gasteiger partial charge in [0.1, 0.15) is 6.61 Å². The summed E-state index contributed by atoms with van der Waals surface area (Å²) in [5, 5.41) is 7.58. The molecule has 0 spiro atoms. The monoisotopic (exact) mass is 492 g/mol. The number of ether oxygens (including phenoxy) is 1. The van der Waals surface area contributed by atoms with Gasteiger partial charge in [0, 0.05) is 25.4 Å². The van der Waals surface area contributed by atoms with Crippen molar-refractivity contribution in [2.75, 3.05) is 13.1 Å². The van der Waals surface area contributed by atoms with Gasteiger partial charge in [-0.05, 0) is 41.3 Å². The lowest BCUT2D eigenvalue weighted by Gasteiger charge is -2.17. The van der Waals surface area contributed by atoms with E-state index < -0.39 is 6.09 Å². The summed E-state index contributed by atoms with van der Waals surface area (Å²) in [6.45, 7) is 3.06. The molecule has 0 saturated heterocycles. The Morgan fingerprint density at radius 1 is 0.857 bits per heavy atom. The van der Waals surface area contributed by atoms with Crippen LogP contribution in [0, 0.1) is 5.92 Å². The van der Waals surface area contributed by atoms with Crippen LogP contribution >= 0.6 is 11.3 Å². The first-order chi connectivity index (χ1) is 17.0. The summed E-state index contributed by atoms with van der Waals surface area (Å²) in [7, 11) is 0. The van der Waals surface area contributed by atoms with Crippen molar-refractivity contribution in [2.24, 2.45) is 5.92 Å². The largest absolute Gasteiger partial charge is 0.445 e. The molecule has 0 radical (unpaired) electrons. The number of amides is 2. The molecule has 2 amide bonds. The van der Waals surface area contributed by atoms with Crippen LogP contribution in [0.2, 0.25) is 0 Å². The van der Waals surface area contributed by atoms with Crippen molar-refractivity contribution < 1.29 is 19.1 Å². The number of carbonyl (C=O) groups is 3. The van der Waals surface area contributed by atoms with Crippen LogP contribution in [0.3, 0.4) is 0 Å². The van der Waals surface area contributed by atoms with Gasteiger partial charge in [-0.1, -0.05) is 73.7 Å². The van der Waals surface area contributed by atoms with Gasteiger partial charge in [-0.25, -0.2) is 4.79 Å². The third-order valence-electron chi connectivity index (χ3n) is 5.69. The molecule has 35 heavy (non-hydrogen) atoms. The first-order valence-corrected chi connectivity index (χ1v) is 12.7. The highest BCUT2D eigenvalue weighted by molar-refractivity contribution is 7.12. The Morgan fingerprint density at radius 2 is 1.54 bits per heavy atom. The lowest BCUT2D eigenvalue weighted by Crippen LogP contribution is -2.30. The second kappa shape index (κ2) is 14.1. The highest BCUT2D eigenvalue weighted by atomic mass is 32.1. The molecule has 0 aliphatic carbocycles. The number of alkyl carbamates (subject to hydrolysis) is 1. The Kier molecular flexibility index (Phi) is 10.5. The maximum absolute atomic E-state index is 13.0. The van der Waals surface area contributed by atoms with E-state index in [0.717, 1.165) is 16.0 Å². The molecule has 6 nitrogen and oxygen atoms in total. The van der Waals surface area contributed by atoms with E-state index in [1.807, 2.05) is 85.1 Å². The Hall–Kier alpha value is -3.45. The highest BCUT2D eigenvalue weighted by Gasteiger charge is 2.23. The molecule has 1 heterocycles. The van der Waals surface area contributed by atoms with Gasteiger partial charge in [-0.15, -0.1) is 11.3 Å². The summed E-state index contributed by atoms with van der Waals surface area (Å²) in [5.74, 6) is -0.167. The molecule has 0 aliphatic rings. The van der Waals surface area contributed by atoms with E-state index in [1.165, 1.54) is 11.3 Å². The summed E-state index contributed by atoms with van der Waals surface area (Å²) in [5.41, 5.74) is 1.89. The van der Waals surface area contributed by atoms with E-state index in [9.17, 15) is 14.4 Å². The molecule has 2 N–H and O–H groups in total. The summed E-state index contributed by atoms with van der Waals surface area (Å²) in [6.07, 6.45) is 1.09. The van der Waals surface area contributed by atoms with E-state index in [2.05, 4.69) is 10.6 Å². The van der Waals surface area contributed by atoms with E-state index in [-0.39, 0.29) is 30.1 Å². The quantitative estimate of drug-likeness (QED) is 0.306. The molecular weight excluding hydrogens is 460 g/mol. The van der Waals surface area contributed by atoms with Crippen LogP contribution in [0.5, 0.6) is 0 Å². The molecule has 1 aromatic heterocycles. The molecule has 0 saturated carbocycles. The Morgan fingerprint density at radius 3 is 2.23 bits per heavy atom. The zero-order chi connectivity index (χ0) is 24.9. The van der Waals surface area contributed by atoms with Gasteiger partial charge in [0.25, 0.3) is 0 Å². The topological polar surface area (TPSA) is 84.5 Å². The third kappa shape index (κ3) is 9.02. The first kappa shape index (κ1) is 26.2. The number of ketones is 1. The number of Topliss-reactive ketones (excluding diaryl/α,β-unsaturated/α-hetero) is 1. The number of hydrogen-bond donors (Lipinski definition) is 2. The highest BCUT2D eigenvalue weighted by Crippen LogP contribution is 2.26. The molecule has 2 aromatic carbocycles. The number of nitrogens with one attached hydrogen (secondary N) is 2. The van der Waals surface area contributed by atoms with E-state index in [1.54, 1.807) is 0 Å². The van der Waals surface area contributed by atoms with Gasteiger partial charge >= 0.3 is 6.09 Å². The average Bonchev–Trinajstić information content (AvgIpc) is 3.41. The molecule has 3 rings (SSSR count). The smallest absolute Gasteiger partial charge is 0.407 e. The Balaban J connectivity index is 1.36. The van der Waals surface area contributed by atoms with Gasteiger partial charge < -0.3 is 15.4 Å². The number of benzene rings is 2. The normalized spacial score (nSPS) is 12.4. The summed E-state index contributed by atoms with van der Waals surface area (Å²) in [4.78, 5) is 38.0. The van der Waals surface area contributed by atoms with E-state index >= 15 is 0 Å². The Labute approximate surface area is 210 Å². The van der Waals surface area contributed by atoms with Crippen molar-refractivity contribution >= 4 is 29.1 Å². The minimum Gasteiger partial charge on any atom is -0.445 e. The maximum atomic E-state index is 13.0. The molecular formula is C28H32N2O4S. The van der Waals surface area contributed by atoms with Gasteiger partial charge in [0.15, 0.2) is 5.78 Å². The van der Waals surface area contributed by atoms with Crippen molar-refractivity contribution in [1.82, 2.24) is 10.6 Å². The molecule has 0 aliphatic heterocycles. The minimum absolute atomic E-state index is 0.0560. The van der Waals surface area contributed by atoms with Gasteiger partial charge in [-0.2, -0.15) is 0 Å². The second-order valence-corrected chi connectivity index (χ2v) is 9.48. The van der Waals surface area contributed by atoms with Gasteiger partial charge in [0.2, 0.25) is 5.91 Å². The minimum atomic E-state index is -0.465. The third-order valence-corrected chi connectivity index (χ3v) is 6.58. The number of hydrogen-bond acceptors (Lipinski definition) is 5. The van der Waals surface area contributed by atoms with E-state index in [4.69, 9.17) is 4.74 Å². The van der Waals surface area contributed by atoms with Crippen LogP contribution < -0.4 is 10.6 Å². The van der Waals surface area contributed by atoms with Crippen molar-refractivity contribution in [3.8, 4) is 0 Å². The van der Waals surface area contributed by atoms with Crippen LogP contribution in [-0.4, -0.2) is 30.9 Å². The number of thiophene rings is 1. The fourth-order valence-corrected chi connectivity index (χ4v) is 4.49. The predicted molar refractivity (Wildman–Crippen MR) is 138 cm³/mol. The number of carbonyl (C=O) groups excluding carboxylic acids is 3. The fraction of sp³-hybridized carbons (Fsp3) is 0.321. The molecule has 0 fully saturated rings. The second-order valence-electron chi connectivity index (χ2n) is 8.53. The standard InChI is InChI=1S/C28H32N2O4S/c1-21(14-16-30-28(33)34-20-22-9-4-2-5-10-22)19-26(31)29-17-15-24(23-11-6-3-7-12-23)27(32)25-13-8-18-35-25/h2-13,18,21,24H,14-17,19-20H2,1H3,(H,29,31)(H,30,33). The van der Waals surface area contributed by atoms with Gasteiger partial charge in [0.05, 0.1) is 4.88 Å². The van der Waals surface area contributed by atoms with Crippen LogP contribution in [0.15, 0.2) is 78.2 Å². The fourth-order valence-electron chi connectivity index (χ4n) is 3.77. The predicted octanol–water partition coefficient (Wildman–Crippen LogP) is 5.56. The summed E-state index contributed by atoms with van der Waals surface area (Å²) < 4.78 is 5.19. The van der Waals surface area contributed by atoms with Crippen LogP contribution in [0.1, 0.15) is 52.9 Å². The average molecular weight is 493 g/mol. The SMILES string of the molecule is CC(CCNC(=O)OCc1ccccc1)CC(=O)NCCC(C(=O)c1cccs1)c1ccccc1. The van der Waals surface area contributed by atoms with Crippen molar-refractivity contribution in [1.29, 1.82) is 0 Å². The summed E-state index contributed by atoms with van der Waals surface area (Å²) >= 11 is 1.44. The van der Waals surface area contributed by atoms with E-state index in [0.29, 0.717) is 32.4 Å². The van der Waals surface area contributed by atoms with Crippen LogP contribution in [-0.2, 0) is 16.1 Å².